The van der Waals surface area contributed by atoms with E-state index in [-0.39, 0.29) is 1130 Å². The Balaban J connectivity index is -0.0000000104. The number of aromatic amines is 2. The number of carbonyl (C=O) groups excluding carboxylic acids is 1. The number of fused-ring (bicyclic) bond motifs is 10. The van der Waals surface area contributed by atoms with E-state index in [9.17, 15) is 14.7 Å². The minimum absolute atomic E-state index is 0. The molecule has 633 valence electrons. The smallest absolute Gasteiger partial charge is 0.303 e. The molecule has 2 fully saturated rings. The standard InChI is InChI=1S/C27H33N3O2.C19H24N2O2.C8H11N.59V/c1-4-27(17-24(31)28-19-14-18(2)15-20(16-19)32-3)11-7-12-30-13-10-22-21-8-5-6-9-23(21)29-25(22)26(27)30;1-2-19(12-16(22)23)9-5-10-21-11-8-14-13-6-3-4-7-15(13)20-17(14)18(19)21;1-6-3-7(2)5-8(9)4-6;;;;;;;;;;;;;;;;;;;;;;;;;;;;;;;;;;;;;;;;;;;;;;;;;;;;;;;;;;;/h5-6,8-9,14-16,26,29H,4,7,10-13,17H2,1-3H3,(H,28,31);3-4,6-7,18,20H,2,5,8-12H2,1H3,(H,22,23);3-5H,9H2,1-2H3;;;;;;;;;;;;;;;;;;;;;;;;;;;;;;;;;;;;;;;;;;;;;;;;;;;;;;;;;;;/t26-,27+;18-,19+;;;;;;;;;;;;;;;;;;;;;;;;;;;;;;;;;;;;;;;;;;;;;;;;;;;;;;;;;;;;/m11............................................................/s1. The van der Waals surface area contributed by atoms with Crippen molar-refractivity contribution in [1.82, 2.24) is 19.8 Å². The topological polar surface area (TPSA) is 140 Å². The van der Waals surface area contributed by atoms with Crippen molar-refractivity contribution < 1.29 is 1110 Å². The van der Waals surface area contributed by atoms with E-state index in [4.69, 9.17) is 10.5 Å². The van der Waals surface area contributed by atoms with Crippen LogP contribution in [0.5, 0.6) is 5.75 Å². The molecule has 10 nitrogen and oxygen atoms in total. The summed E-state index contributed by atoms with van der Waals surface area (Å²) in [5.41, 5.74) is 18.4. The molecule has 4 aromatic carbocycles. The Bertz CT molecular complexity index is 2700. The number of nitrogens with zero attached hydrogens (tertiary/aromatic N) is 2. The number of carboxylic acid groups (broad SMARTS) is 1. The maximum atomic E-state index is 13.3. The number of rotatable bonds is 8. The van der Waals surface area contributed by atoms with Gasteiger partial charge in [-0.3, -0.25) is 19.4 Å². The number of hydrogen-bond acceptors (Lipinski definition) is 6. The van der Waals surface area contributed by atoms with Crippen LogP contribution in [0.3, 0.4) is 0 Å². The number of aliphatic carboxylic acids is 1. The number of nitrogens with two attached hydrogens (primary N) is 1. The predicted octanol–water partition coefficient (Wildman–Crippen LogP) is 11.1. The first-order valence-electron chi connectivity index (χ1n) is 23.5. The summed E-state index contributed by atoms with van der Waals surface area (Å²) in [5.74, 6) is 0.186. The molecule has 69 heteroatoms. The molecule has 0 unspecified atom stereocenters. The second-order valence-electron chi connectivity index (χ2n) is 19.1. The first kappa shape index (κ1) is 347. The molecule has 0 saturated carbocycles. The van der Waals surface area contributed by atoms with Crippen molar-refractivity contribution in [1.29, 1.82) is 0 Å². The zero-order chi connectivity index (χ0) is 45.2. The first-order valence-corrected chi connectivity index (χ1v) is 23.5. The Morgan fingerprint density at radius 3 is 0.894 bits per heavy atom. The molecule has 0 aliphatic carbocycles. The number of aromatic nitrogens is 2. The van der Waals surface area contributed by atoms with Gasteiger partial charge in [0.2, 0.25) is 5.91 Å². The van der Waals surface area contributed by atoms with Gasteiger partial charge in [-0.25, -0.2) is 0 Å². The molecule has 6 N–H and O–H groups in total. The van der Waals surface area contributed by atoms with E-state index in [2.05, 4.69) is 93.5 Å². The van der Waals surface area contributed by atoms with E-state index in [1.54, 1.807) is 7.11 Å². The number of aryl methyl sites for hydroxylation is 3. The maximum absolute atomic E-state index is 13.3. The van der Waals surface area contributed by atoms with E-state index in [0.29, 0.717) is 6.42 Å². The number of piperidine rings is 2. The average molecular weight is 3870 g/mol. The molecule has 4 atom stereocenters. The van der Waals surface area contributed by atoms with Crippen LogP contribution in [-0.4, -0.2) is 70.0 Å². The average Bonchev–Trinajstić information content (AvgIpc) is 3.84. The van der Waals surface area contributed by atoms with Crippen molar-refractivity contribution in [3.05, 3.63) is 124 Å². The van der Waals surface area contributed by atoms with Crippen molar-refractivity contribution in [3.8, 4) is 5.75 Å². The summed E-state index contributed by atoms with van der Waals surface area (Å²) in [5, 5.41) is 15.3. The molecule has 6 aromatic rings. The maximum Gasteiger partial charge on any atom is 0.303 e. The first-order chi connectivity index (χ1) is 30.9. The van der Waals surface area contributed by atoms with Gasteiger partial charge in [0.15, 0.2) is 0 Å². The molecular formula is C54H68N6O4V59. The third-order valence-electron chi connectivity index (χ3n) is 14.9. The predicted molar refractivity (Wildman–Crippen MR) is 260 cm³/mol. The van der Waals surface area contributed by atoms with Crippen molar-refractivity contribution in [2.45, 2.75) is 111 Å². The number of anilines is 2. The summed E-state index contributed by atoms with van der Waals surface area (Å²) in [7, 11) is 1.66. The van der Waals surface area contributed by atoms with Gasteiger partial charge in [-0.2, -0.15) is 0 Å². The number of para-hydroxylation sites is 2. The molecule has 59 radical (unpaired) electrons. The van der Waals surface area contributed by atoms with Crippen LogP contribution in [0.4, 0.5) is 11.4 Å². The SMILES string of the molecule is CC[C@@]1(CC(=O)Nc2cc(C)cc(OC)c2)CCCN2CCc3c([nH]c4ccccc34)[C@@H]21.CC[C@@]1(CC(=O)O)CCCN2CCc3c([nH]c4ccccc34)[C@@H]21.Cc1cc(C)cc(N)c1.[V].[V].[V].[V].[V].[V].[V].[V].[V].[V].[V].[V].[V].[V].[V].[V].[V].[V].[V].[V].[V].[V].[V].[V].[V].[V].[V].[V].[V].[V].[V].[V].[V].[V].[V].[V].[V].[V].[V].[V].[V].[V].[V].[V].[V].[V].[V].[V].[V].[V].[V].[V].[V].[V].[V].[V].[V].[V].[V]. The van der Waals surface area contributed by atoms with Crippen LogP contribution in [0.25, 0.3) is 21.8 Å². The molecule has 4 aliphatic rings. The Hall–Kier alpha value is 28.9. The van der Waals surface area contributed by atoms with Gasteiger partial charge in [0.25, 0.3) is 0 Å². The summed E-state index contributed by atoms with van der Waals surface area (Å²) < 4.78 is 5.38. The summed E-state index contributed by atoms with van der Waals surface area (Å²) in [6.07, 6.45) is 9.14. The fraction of sp³-hybridized carbons (Fsp3) is 0.444. The molecular weight excluding hydrogens is 3800 g/mol. The van der Waals surface area contributed by atoms with Gasteiger partial charge < -0.3 is 30.9 Å². The third-order valence-corrected chi connectivity index (χ3v) is 14.9. The van der Waals surface area contributed by atoms with Gasteiger partial charge in [-0.15, -0.1) is 0 Å². The van der Waals surface area contributed by atoms with E-state index < -0.39 is 5.97 Å². The Kier molecular flexibility index (Phi) is 541. The number of hydrogen-bond donors (Lipinski definition) is 5. The number of ether oxygens (including phenoxy) is 1. The number of benzene rings is 4. The van der Waals surface area contributed by atoms with Crippen molar-refractivity contribution in [2.75, 3.05) is 44.3 Å². The fourth-order valence-electron chi connectivity index (χ4n) is 12.1. The Morgan fingerprint density at radius 1 is 0.382 bits per heavy atom. The van der Waals surface area contributed by atoms with E-state index >= 15 is 0 Å². The molecule has 1 amide bonds. The quantitative estimate of drug-likeness (QED) is 0.0957. The molecule has 0 spiro atoms. The van der Waals surface area contributed by atoms with Gasteiger partial charge >= 0.3 is 5.97 Å². The van der Waals surface area contributed by atoms with Crippen LogP contribution < -0.4 is 15.8 Å². The summed E-state index contributed by atoms with van der Waals surface area (Å²) in [6, 6.07) is 29.5. The zero-order valence-electron chi connectivity index (χ0n) is 65.2. The zero-order valence-corrected chi connectivity index (χ0v) is 148. The third kappa shape index (κ3) is 112. The van der Waals surface area contributed by atoms with E-state index in [0.717, 1.165) is 100 Å². The normalized spacial score (nSPS) is 11.8. The van der Waals surface area contributed by atoms with Crippen molar-refractivity contribution >= 4 is 45.1 Å². The van der Waals surface area contributed by atoms with Crippen LogP contribution in [0.15, 0.2) is 84.9 Å². The van der Waals surface area contributed by atoms with Gasteiger partial charge in [0.1, 0.15) is 5.75 Å². The molecule has 0 bridgehead atoms. The van der Waals surface area contributed by atoms with Crippen molar-refractivity contribution in [2.24, 2.45) is 10.8 Å². The largest absolute Gasteiger partial charge is 0.497 e. The second-order valence-corrected chi connectivity index (χ2v) is 19.1. The molecule has 4 aliphatic heterocycles. The Labute approximate surface area is 1440 Å². The second kappa shape index (κ2) is 192. The van der Waals surface area contributed by atoms with E-state index in [1.165, 1.54) is 55.4 Å². The number of amides is 1. The summed E-state index contributed by atoms with van der Waals surface area (Å²) >= 11 is 0. The number of nitrogen functional groups attached to an aromatic ring is 1. The summed E-state index contributed by atoms with van der Waals surface area (Å²) in [6.45, 7) is 14.8. The molecule has 2 aromatic heterocycles. The Morgan fingerprint density at radius 2 is 0.642 bits per heavy atom. The van der Waals surface area contributed by atoms with Gasteiger partial charge in [0, 0.05) is 1180 Å². The number of carbonyl (C=O) groups is 2. The number of nitrogens with one attached hydrogen (secondary N) is 3. The molecule has 2 saturated heterocycles. The minimum atomic E-state index is -0.670. The molecule has 10 rings (SSSR count). The minimum Gasteiger partial charge on any atom is -0.497 e. The van der Waals surface area contributed by atoms with Gasteiger partial charge in [-0.05, 0) is 149 Å². The van der Waals surface area contributed by atoms with Gasteiger partial charge in [-0.1, -0.05) is 56.3 Å². The van der Waals surface area contributed by atoms with Crippen LogP contribution in [0.2, 0.25) is 0 Å². The number of carboxylic acids is 1. The molecule has 123 heavy (non-hydrogen) atoms. The van der Waals surface area contributed by atoms with Crippen molar-refractivity contribution in [3.63, 3.8) is 0 Å². The van der Waals surface area contributed by atoms with E-state index in [1.807, 2.05) is 51.1 Å². The van der Waals surface area contributed by atoms with Crippen LogP contribution in [0, 0.1) is 31.6 Å². The van der Waals surface area contributed by atoms with Gasteiger partial charge in [0.05, 0.1) is 25.6 Å². The summed E-state index contributed by atoms with van der Waals surface area (Å²) in [4.78, 5) is 37.4. The van der Waals surface area contributed by atoms with Crippen LogP contribution >= 0.6 is 0 Å². The van der Waals surface area contributed by atoms with Crippen LogP contribution in [0.1, 0.15) is 117 Å². The monoisotopic (exact) mass is 3870 g/mol. The fourth-order valence-corrected chi connectivity index (χ4v) is 12.1. The number of H-pyrrole nitrogens is 2. The number of methoxy groups -OCH3 is 1. The van der Waals surface area contributed by atoms with Crippen LogP contribution in [-0.2, 0) is 1120 Å². The molecule has 6 heterocycles.